The number of fused-ring (bicyclic) bond motifs is 3. The molecule has 1 N–H and O–H groups in total. The molecule has 2 aromatic heterocycles. The minimum atomic E-state index is -4.82. The van der Waals surface area contributed by atoms with E-state index in [1.54, 1.807) is 4.90 Å². The normalized spacial score (nSPS) is 14.3. The Labute approximate surface area is 195 Å². The van der Waals surface area contributed by atoms with E-state index in [1.165, 1.54) is 16.7 Å². The number of carbonyl (C=O) groups excluding carboxylic acids is 1. The summed E-state index contributed by atoms with van der Waals surface area (Å²) < 4.78 is 42.9. The highest BCUT2D eigenvalue weighted by Gasteiger charge is 2.31. The van der Waals surface area contributed by atoms with Crippen molar-refractivity contribution in [2.45, 2.75) is 24.4 Å². The number of likely N-dealkylation sites (tertiary alicyclic amines) is 1. The first kappa shape index (κ1) is 22.3. The molecule has 0 spiro atoms. The maximum Gasteiger partial charge on any atom is 0.573 e. The van der Waals surface area contributed by atoms with Gasteiger partial charge in [-0.1, -0.05) is 30.0 Å². The van der Waals surface area contributed by atoms with Crippen LogP contribution in [0, 0.1) is 0 Å². The molecule has 3 heterocycles. The molecule has 0 radical (unpaired) electrons. The molecule has 0 aliphatic carbocycles. The quantitative estimate of drug-likeness (QED) is 0.331. The second kappa shape index (κ2) is 8.71. The third kappa shape index (κ3) is 4.35. The smallest absolute Gasteiger partial charge is 0.406 e. The number of rotatable bonds is 5. The molecular formula is C23H19F3N4O3S. The minimum absolute atomic E-state index is 0.0451. The summed E-state index contributed by atoms with van der Waals surface area (Å²) in [7, 11) is 0. The molecule has 1 aliphatic heterocycles. The van der Waals surface area contributed by atoms with Crippen molar-refractivity contribution < 1.29 is 22.7 Å². The number of ether oxygens (including phenoxy) is 1. The number of benzene rings is 2. The third-order valence-corrected chi connectivity index (χ3v) is 6.53. The van der Waals surface area contributed by atoms with Crippen LogP contribution in [-0.4, -0.2) is 50.5 Å². The SMILES string of the molecule is O=C(CSc1nc2c([nH]c3ccccc32)c(=O)n1-c1ccc(OC(F)(F)F)cc1)N1CCCC1. The van der Waals surface area contributed by atoms with Gasteiger partial charge in [0.25, 0.3) is 5.56 Å². The van der Waals surface area contributed by atoms with Crippen molar-refractivity contribution in [1.82, 2.24) is 19.4 Å². The fourth-order valence-corrected chi connectivity index (χ4v) is 4.96. The molecule has 34 heavy (non-hydrogen) atoms. The highest BCUT2D eigenvalue weighted by atomic mass is 32.2. The van der Waals surface area contributed by atoms with Crippen LogP contribution in [0.2, 0.25) is 0 Å². The minimum Gasteiger partial charge on any atom is -0.406 e. The zero-order valence-corrected chi connectivity index (χ0v) is 18.6. The number of thioether (sulfide) groups is 1. The van der Waals surface area contributed by atoms with Gasteiger partial charge in [-0.25, -0.2) is 4.98 Å². The average Bonchev–Trinajstić information content (AvgIpc) is 3.46. The second-order valence-electron chi connectivity index (χ2n) is 7.85. The van der Waals surface area contributed by atoms with Crippen molar-refractivity contribution in [3.05, 3.63) is 58.9 Å². The van der Waals surface area contributed by atoms with E-state index in [4.69, 9.17) is 4.98 Å². The summed E-state index contributed by atoms with van der Waals surface area (Å²) in [6.45, 7) is 1.42. The molecule has 0 atom stereocenters. The lowest BCUT2D eigenvalue weighted by atomic mass is 10.2. The summed E-state index contributed by atoms with van der Waals surface area (Å²) in [5.74, 6) is -0.353. The van der Waals surface area contributed by atoms with E-state index in [0.29, 0.717) is 24.3 Å². The molecule has 4 aromatic rings. The Morgan fingerprint density at radius 2 is 1.79 bits per heavy atom. The van der Waals surface area contributed by atoms with Gasteiger partial charge in [0.2, 0.25) is 5.91 Å². The Balaban J connectivity index is 1.58. The molecule has 0 saturated carbocycles. The summed E-state index contributed by atoms with van der Waals surface area (Å²) in [4.78, 5) is 35.7. The van der Waals surface area contributed by atoms with Crippen LogP contribution in [-0.2, 0) is 4.79 Å². The highest BCUT2D eigenvalue weighted by molar-refractivity contribution is 7.99. The first-order valence-corrected chi connectivity index (χ1v) is 11.6. The number of carbonyl (C=O) groups is 1. The number of amides is 1. The molecule has 11 heteroatoms. The Morgan fingerprint density at radius 1 is 1.09 bits per heavy atom. The van der Waals surface area contributed by atoms with Gasteiger partial charge in [0.15, 0.2) is 5.16 Å². The van der Waals surface area contributed by atoms with Crippen molar-refractivity contribution in [3.8, 4) is 11.4 Å². The predicted molar refractivity (Wildman–Crippen MR) is 122 cm³/mol. The maximum atomic E-state index is 13.5. The van der Waals surface area contributed by atoms with Gasteiger partial charge in [0.05, 0.1) is 11.4 Å². The van der Waals surface area contributed by atoms with Crippen LogP contribution in [0.1, 0.15) is 12.8 Å². The van der Waals surface area contributed by atoms with Crippen LogP contribution in [0.25, 0.3) is 27.6 Å². The molecule has 1 fully saturated rings. The lowest BCUT2D eigenvalue weighted by Crippen LogP contribution is -2.29. The first-order chi connectivity index (χ1) is 16.3. The van der Waals surface area contributed by atoms with Crippen LogP contribution in [0.15, 0.2) is 58.5 Å². The van der Waals surface area contributed by atoms with E-state index in [-0.39, 0.29) is 22.3 Å². The number of hydrogen-bond donors (Lipinski definition) is 1. The van der Waals surface area contributed by atoms with Gasteiger partial charge in [-0.05, 0) is 43.2 Å². The molecule has 0 bridgehead atoms. The number of nitrogens with one attached hydrogen (secondary N) is 1. The molecule has 2 aromatic carbocycles. The van der Waals surface area contributed by atoms with Crippen molar-refractivity contribution in [2.75, 3.05) is 18.8 Å². The number of aromatic nitrogens is 3. The zero-order chi connectivity index (χ0) is 23.9. The van der Waals surface area contributed by atoms with Crippen LogP contribution < -0.4 is 10.3 Å². The van der Waals surface area contributed by atoms with Crippen molar-refractivity contribution in [2.24, 2.45) is 0 Å². The van der Waals surface area contributed by atoms with Gasteiger partial charge in [-0.2, -0.15) is 0 Å². The van der Waals surface area contributed by atoms with Gasteiger partial charge in [-0.3, -0.25) is 14.2 Å². The number of aromatic amines is 1. The van der Waals surface area contributed by atoms with Crippen LogP contribution in [0.5, 0.6) is 5.75 Å². The van der Waals surface area contributed by atoms with Crippen molar-refractivity contribution in [1.29, 1.82) is 0 Å². The zero-order valence-electron chi connectivity index (χ0n) is 17.8. The Kier molecular flexibility index (Phi) is 5.72. The molecule has 7 nitrogen and oxygen atoms in total. The summed E-state index contributed by atoms with van der Waals surface area (Å²) >= 11 is 1.13. The number of para-hydroxylation sites is 1. The molecule has 1 saturated heterocycles. The summed E-state index contributed by atoms with van der Waals surface area (Å²) in [5.41, 5.74) is 1.38. The van der Waals surface area contributed by atoms with E-state index in [9.17, 15) is 22.8 Å². The van der Waals surface area contributed by atoms with Crippen molar-refractivity contribution in [3.63, 3.8) is 0 Å². The topological polar surface area (TPSA) is 80.2 Å². The monoisotopic (exact) mass is 488 g/mol. The largest absolute Gasteiger partial charge is 0.573 e. The van der Waals surface area contributed by atoms with Crippen molar-refractivity contribution >= 4 is 39.6 Å². The number of hydrogen-bond acceptors (Lipinski definition) is 5. The molecule has 5 rings (SSSR count). The number of alkyl halides is 3. The van der Waals surface area contributed by atoms with Crippen LogP contribution >= 0.6 is 11.8 Å². The number of halogens is 3. The fourth-order valence-electron chi connectivity index (χ4n) is 4.05. The van der Waals surface area contributed by atoms with E-state index in [0.717, 1.165) is 47.6 Å². The summed E-state index contributed by atoms with van der Waals surface area (Å²) in [6.07, 6.45) is -2.89. The molecule has 0 unspecified atom stereocenters. The highest BCUT2D eigenvalue weighted by Crippen LogP contribution is 2.28. The predicted octanol–water partition coefficient (Wildman–Crippen LogP) is 4.48. The molecule has 1 aliphatic rings. The third-order valence-electron chi connectivity index (χ3n) is 5.61. The average molecular weight is 488 g/mol. The van der Waals surface area contributed by atoms with Gasteiger partial charge in [-0.15, -0.1) is 13.2 Å². The van der Waals surface area contributed by atoms with Gasteiger partial charge >= 0.3 is 6.36 Å². The van der Waals surface area contributed by atoms with Gasteiger partial charge in [0, 0.05) is 24.0 Å². The Morgan fingerprint density at radius 3 is 2.50 bits per heavy atom. The number of nitrogens with zero attached hydrogens (tertiary/aromatic N) is 3. The van der Waals surface area contributed by atoms with E-state index >= 15 is 0 Å². The molecule has 176 valence electrons. The standard InChI is InChI=1S/C23H19F3N4O3S/c24-23(25,26)33-15-9-7-14(8-10-15)30-21(32)20-19(16-5-1-2-6-17(16)27-20)28-22(30)34-13-18(31)29-11-3-4-12-29/h1-2,5-10,27H,3-4,11-13H2. The van der Waals surface area contributed by atoms with E-state index < -0.39 is 17.7 Å². The first-order valence-electron chi connectivity index (χ1n) is 10.6. The Bertz CT molecular complexity index is 1420. The molecular weight excluding hydrogens is 469 g/mol. The Hall–Kier alpha value is -3.47. The van der Waals surface area contributed by atoms with E-state index in [1.807, 2.05) is 24.3 Å². The van der Waals surface area contributed by atoms with Crippen LogP contribution in [0.3, 0.4) is 0 Å². The maximum absolute atomic E-state index is 13.5. The lowest BCUT2D eigenvalue weighted by molar-refractivity contribution is -0.274. The lowest BCUT2D eigenvalue weighted by Gasteiger charge is -2.16. The van der Waals surface area contributed by atoms with Gasteiger partial charge < -0.3 is 14.6 Å². The van der Waals surface area contributed by atoms with Gasteiger partial charge in [0.1, 0.15) is 16.8 Å². The fraction of sp³-hybridized carbons (Fsp3) is 0.261. The summed E-state index contributed by atoms with van der Waals surface area (Å²) in [5, 5.41) is 1.04. The van der Waals surface area contributed by atoms with Crippen LogP contribution in [0.4, 0.5) is 13.2 Å². The second-order valence-corrected chi connectivity index (χ2v) is 8.79. The van der Waals surface area contributed by atoms with E-state index in [2.05, 4.69) is 9.72 Å². The number of H-pyrrole nitrogens is 1. The summed E-state index contributed by atoms with van der Waals surface area (Å²) in [6, 6.07) is 12.3. The molecule has 1 amide bonds.